The summed E-state index contributed by atoms with van der Waals surface area (Å²) in [5.41, 5.74) is 0. The molecule has 0 heterocycles. The molecule has 0 aromatic heterocycles. The third-order valence-corrected chi connectivity index (χ3v) is 1.18. The van der Waals surface area contributed by atoms with E-state index in [1.54, 1.807) is 7.11 Å². The van der Waals surface area contributed by atoms with Gasteiger partial charge in [-0.1, -0.05) is 15.9 Å². The van der Waals surface area contributed by atoms with Crippen LogP contribution in [0, 0.1) is 0 Å². The van der Waals surface area contributed by atoms with E-state index in [0.29, 0.717) is 6.79 Å². The third-order valence-electron chi connectivity index (χ3n) is 0.623. The van der Waals surface area contributed by atoms with Gasteiger partial charge in [-0.15, -0.1) is 0 Å². The van der Waals surface area contributed by atoms with Crippen molar-refractivity contribution < 1.29 is 9.47 Å². The minimum absolute atomic E-state index is 0.410. The highest BCUT2D eigenvalue weighted by molar-refractivity contribution is 9.09. The SMILES string of the molecule is COCOCCCBr. The standard InChI is InChI=1S/C5H11BrO2/c1-7-5-8-4-2-3-6/h2-5H2,1H3. The second-order valence-corrected chi connectivity index (χ2v) is 2.15. The largest absolute Gasteiger partial charge is 0.359 e. The molecule has 0 aromatic rings. The van der Waals surface area contributed by atoms with Gasteiger partial charge in [-0.05, 0) is 6.42 Å². The van der Waals surface area contributed by atoms with Gasteiger partial charge in [0, 0.05) is 12.4 Å². The number of hydrogen-bond donors (Lipinski definition) is 0. The van der Waals surface area contributed by atoms with Crippen molar-refractivity contribution in [3.05, 3.63) is 0 Å². The molecule has 0 amide bonds. The Bertz CT molecular complexity index is 35.4. The van der Waals surface area contributed by atoms with E-state index in [-0.39, 0.29) is 0 Å². The van der Waals surface area contributed by atoms with E-state index in [1.165, 1.54) is 0 Å². The number of halogens is 1. The van der Waals surface area contributed by atoms with Crippen LogP contribution in [0.2, 0.25) is 0 Å². The molecule has 3 heteroatoms. The van der Waals surface area contributed by atoms with Gasteiger partial charge in [0.25, 0.3) is 0 Å². The summed E-state index contributed by atoms with van der Waals surface area (Å²) in [6.07, 6.45) is 1.04. The van der Waals surface area contributed by atoms with Gasteiger partial charge in [0.1, 0.15) is 6.79 Å². The smallest absolute Gasteiger partial charge is 0.146 e. The summed E-state index contributed by atoms with van der Waals surface area (Å²) in [5.74, 6) is 0. The van der Waals surface area contributed by atoms with E-state index < -0.39 is 0 Å². The fraction of sp³-hybridized carbons (Fsp3) is 1.00. The van der Waals surface area contributed by atoms with Crippen molar-refractivity contribution in [2.24, 2.45) is 0 Å². The van der Waals surface area contributed by atoms with E-state index in [0.717, 1.165) is 18.4 Å². The number of ether oxygens (including phenoxy) is 2. The summed E-state index contributed by atoms with van der Waals surface area (Å²) in [4.78, 5) is 0. The van der Waals surface area contributed by atoms with Crippen molar-refractivity contribution in [1.29, 1.82) is 0 Å². The summed E-state index contributed by atoms with van der Waals surface area (Å²) >= 11 is 3.28. The molecule has 0 radical (unpaired) electrons. The van der Waals surface area contributed by atoms with Gasteiger partial charge in [0.2, 0.25) is 0 Å². The molecule has 50 valence electrons. The second kappa shape index (κ2) is 7.40. The highest BCUT2D eigenvalue weighted by atomic mass is 79.9. The molecule has 0 spiro atoms. The van der Waals surface area contributed by atoms with Gasteiger partial charge in [0.05, 0.1) is 6.61 Å². The Morgan fingerprint density at radius 3 is 2.75 bits per heavy atom. The van der Waals surface area contributed by atoms with Gasteiger partial charge < -0.3 is 9.47 Å². The summed E-state index contributed by atoms with van der Waals surface area (Å²) in [7, 11) is 1.62. The van der Waals surface area contributed by atoms with Gasteiger partial charge >= 0.3 is 0 Å². The number of hydrogen-bond acceptors (Lipinski definition) is 2. The summed E-state index contributed by atoms with van der Waals surface area (Å²) in [6, 6.07) is 0. The summed E-state index contributed by atoms with van der Waals surface area (Å²) in [5, 5.41) is 0.997. The average Bonchev–Trinajstić information content (AvgIpc) is 1.81. The monoisotopic (exact) mass is 182 g/mol. The van der Waals surface area contributed by atoms with Crippen LogP contribution < -0.4 is 0 Å². The first kappa shape index (κ1) is 8.40. The Morgan fingerprint density at radius 2 is 2.25 bits per heavy atom. The fourth-order valence-corrected chi connectivity index (χ4v) is 0.528. The highest BCUT2D eigenvalue weighted by Gasteiger charge is 1.82. The first-order valence-electron chi connectivity index (χ1n) is 2.54. The van der Waals surface area contributed by atoms with Crippen LogP contribution in [-0.2, 0) is 9.47 Å². The van der Waals surface area contributed by atoms with Crippen LogP contribution in [0.5, 0.6) is 0 Å². The summed E-state index contributed by atoms with van der Waals surface area (Å²) < 4.78 is 9.62. The maximum atomic E-state index is 4.97. The van der Waals surface area contributed by atoms with Crippen LogP contribution in [-0.4, -0.2) is 25.8 Å². The maximum absolute atomic E-state index is 4.97. The Balaban J connectivity index is 2.53. The van der Waals surface area contributed by atoms with Crippen molar-refractivity contribution in [3.8, 4) is 0 Å². The van der Waals surface area contributed by atoms with Crippen molar-refractivity contribution in [2.45, 2.75) is 6.42 Å². The molecule has 0 unspecified atom stereocenters. The van der Waals surface area contributed by atoms with Gasteiger partial charge in [-0.3, -0.25) is 0 Å². The lowest BCUT2D eigenvalue weighted by molar-refractivity contribution is -0.0297. The van der Waals surface area contributed by atoms with Gasteiger partial charge in [-0.25, -0.2) is 0 Å². The van der Waals surface area contributed by atoms with E-state index >= 15 is 0 Å². The third kappa shape index (κ3) is 6.40. The molecule has 0 aromatic carbocycles. The molecule has 0 atom stereocenters. The molecular weight excluding hydrogens is 172 g/mol. The molecule has 0 saturated carbocycles. The highest BCUT2D eigenvalue weighted by Crippen LogP contribution is 1.87. The van der Waals surface area contributed by atoms with Crippen molar-refractivity contribution >= 4 is 15.9 Å². The average molecular weight is 183 g/mol. The zero-order valence-electron chi connectivity index (χ0n) is 5.02. The Morgan fingerprint density at radius 1 is 1.50 bits per heavy atom. The van der Waals surface area contributed by atoms with Crippen molar-refractivity contribution in [2.75, 3.05) is 25.8 Å². The molecule has 0 fully saturated rings. The molecule has 0 aliphatic rings. The van der Waals surface area contributed by atoms with E-state index in [2.05, 4.69) is 20.7 Å². The molecule has 0 N–H and O–H groups in total. The summed E-state index contributed by atoms with van der Waals surface area (Å²) in [6.45, 7) is 1.19. The van der Waals surface area contributed by atoms with E-state index in [1.807, 2.05) is 0 Å². The van der Waals surface area contributed by atoms with E-state index in [4.69, 9.17) is 4.74 Å². The first-order chi connectivity index (χ1) is 3.91. The quantitative estimate of drug-likeness (QED) is 0.364. The first-order valence-corrected chi connectivity index (χ1v) is 3.66. The molecular formula is C5H11BrO2. The Hall–Kier alpha value is 0.400. The van der Waals surface area contributed by atoms with Crippen LogP contribution in [0.15, 0.2) is 0 Å². The minimum Gasteiger partial charge on any atom is -0.359 e. The Kier molecular flexibility index (Phi) is 7.77. The Labute approximate surface area is 58.3 Å². The van der Waals surface area contributed by atoms with Crippen LogP contribution in [0.1, 0.15) is 6.42 Å². The van der Waals surface area contributed by atoms with E-state index in [9.17, 15) is 0 Å². The normalized spacial score (nSPS) is 9.75. The molecule has 0 bridgehead atoms. The lowest BCUT2D eigenvalue weighted by Crippen LogP contribution is -1.98. The topological polar surface area (TPSA) is 18.5 Å². The van der Waals surface area contributed by atoms with Crippen LogP contribution >= 0.6 is 15.9 Å². The molecule has 0 rings (SSSR count). The molecule has 0 saturated heterocycles. The zero-order chi connectivity index (χ0) is 6.24. The van der Waals surface area contributed by atoms with Crippen molar-refractivity contribution in [3.63, 3.8) is 0 Å². The lowest BCUT2D eigenvalue weighted by atomic mass is 10.5. The number of rotatable bonds is 5. The molecule has 8 heavy (non-hydrogen) atoms. The zero-order valence-corrected chi connectivity index (χ0v) is 6.61. The van der Waals surface area contributed by atoms with Crippen LogP contribution in [0.25, 0.3) is 0 Å². The van der Waals surface area contributed by atoms with Crippen LogP contribution in [0.3, 0.4) is 0 Å². The molecule has 0 aliphatic heterocycles. The predicted molar refractivity (Wildman–Crippen MR) is 36.2 cm³/mol. The maximum Gasteiger partial charge on any atom is 0.146 e. The fourth-order valence-electron chi connectivity index (χ4n) is 0.299. The number of alkyl halides is 1. The van der Waals surface area contributed by atoms with Crippen molar-refractivity contribution in [1.82, 2.24) is 0 Å². The minimum atomic E-state index is 0.410. The van der Waals surface area contributed by atoms with Gasteiger partial charge in [0.15, 0.2) is 0 Å². The van der Waals surface area contributed by atoms with Gasteiger partial charge in [-0.2, -0.15) is 0 Å². The lowest BCUT2D eigenvalue weighted by Gasteiger charge is -1.98. The molecule has 2 nitrogen and oxygen atoms in total. The molecule has 0 aliphatic carbocycles. The number of methoxy groups -OCH3 is 1. The second-order valence-electron chi connectivity index (χ2n) is 1.36. The van der Waals surface area contributed by atoms with Crippen LogP contribution in [0.4, 0.5) is 0 Å². The predicted octanol–water partition coefficient (Wildman–Crippen LogP) is 1.39.